The molecule has 20 heavy (non-hydrogen) atoms. The molecular formula is C15H19BrN4. The van der Waals surface area contributed by atoms with E-state index in [0.29, 0.717) is 0 Å². The van der Waals surface area contributed by atoms with Crippen LogP contribution in [0.25, 0.3) is 0 Å². The Balaban J connectivity index is 1.87. The first-order chi connectivity index (χ1) is 9.78. The molecule has 0 amide bonds. The second-order valence-electron chi connectivity index (χ2n) is 5.01. The molecule has 0 bridgehead atoms. The average molecular weight is 335 g/mol. The number of halogens is 1. The number of hydrogen-bond acceptors (Lipinski definition) is 3. The Morgan fingerprint density at radius 3 is 3.10 bits per heavy atom. The van der Waals surface area contributed by atoms with Gasteiger partial charge in [0.15, 0.2) is 0 Å². The van der Waals surface area contributed by atoms with Crippen LogP contribution in [0.3, 0.4) is 0 Å². The summed E-state index contributed by atoms with van der Waals surface area (Å²) in [5.74, 6) is 1.14. The van der Waals surface area contributed by atoms with E-state index in [4.69, 9.17) is 0 Å². The molecule has 0 fully saturated rings. The summed E-state index contributed by atoms with van der Waals surface area (Å²) >= 11 is 3.59. The topological polar surface area (TPSA) is 33.1 Å². The zero-order chi connectivity index (χ0) is 13.9. The predicted molar refractivity (Wildman–Crippen MR) is 84.8 cm³/mol. The molecular weight excluding hydrogens is 316 g/mol. The number of hydrogen-bond donors (Lipinski definition) is 1. The lowest BCUT2D eigenvalue weighted by atomic mass is 10.1. The zero-order valence-electron chi connectivity index (χ0n) is 11.6. The van der Waals surface area contributed by atoms with E-state index in [-0.39, 0.29) is 0 Å². The minimum Gasteiger partial charge on any atom is -0.362 e. The molecule has 2 heterocycles. The molecule has 106 valence electrons. The number of benzene rings is 1. The smallest absolute Gasteiger partial charge is 0.128 e. The van der Waals surface area contributed by atoms with E-state index in [1.54, 1.807) is 0 Å². The van der Waals surface area contributed by atoms with E-state index >= 15 is 0 Å². The Labute approximate surface area is 127 Å². The maximum Gasteiger partial charge on any atom is 0.128 e. The van der Waals surface area contributed by atoms with Crippen molar-refractivity contribution in [3.05, 3.63) is 46.5 Å². The van der Waals surface area contributed by atoms with Crippen LogP contribution in [0.5, 0.6) is 0 Å². The highest BCUT2D eigenvalue weighted by molar-refractivity contribution is 9.10. The van der Waals surface area contributed by atoms with E-state index in [0.717, 1.165) is 43.0 Å². The van der Waals surface area contributed by atoms with E-state index < -0.39 is 0 Å². The van der Waals surface area contributed by atoms with Crippen LogP contribution in [0, 0.1) is 0 Å². The quantitative estimate of drug-likeness (QED) is 0.933. The summed E-state index contributed by atoms with van der Waals surface area (Å²) in [6.07, 6.45) is 3.95. The molecule has 0 unspecified atom stereocenters. The van der Waals surface area contributed by atoms with Crippen LogP contribution in [0.15, 0.2) is 35.1 Å². The van der Waals surface area contributed by atoms with Crippen molar-refractivity contribution < 1.29 is 0 Å². The van der Waals surface area contributed by atoms with Gasteiger partial charge in [0, 0.05) is 42.2 Å². The van der Waals surface area contributed by atoms with Crippen LogP contribution in [-0.2, 0) is 19.6 Å². The number of fused-ring (bicyclic) bond motifs is 1. The average Bonchev–Trinajstić information content (AvgIpc) is 2.93. The first-order valence-corrected chi connectivity index (χ1v) is 7.81. The van der Waals surface area contributed by atoms with Gasteiger partial charge in [-0.05, 0) is 24.2 Å². The summed E-state index contributed by atoms with van der Waals surface area (Å²) in [5, 5.41) is 3.41. The van der Waals surface area contributed by atoms with Crippen LogP contribution in [0.2, 0.25) is 0 Å². The number of rotatable bonds is 4. The monoisotopic (exact) mass is 334 g/mol. The maximum atomic E-state index is 4.44. The predicted octanol–water partition coefficient (Wildman–Crippen LogP) is 2.78. The molecule has 4 nitrogen and oxygen atoms in total. The van der Waals surface area contributed by atoms with Gasteiger partial charge in [0.05, 0.1) is 6.54 Å². The minimum absolute atomic E-state index is 0.878. The van der Waals surface area contributed by atoms with Crippen LogP contribution < -0.4 is 10.2 Å². The summed E-state index contributed by atoms with van der Waals surface area (Å²) < 4.78 is 3.36. The van der Waals surface area contributed by atoms with Gasteiger partial charge in [0.2, 0.25) is 0 Å². The SMILES string of the molecule is CCNCc1ccc(Br)cc1N1CCn2ccnc2C1. The normalized spacial score (nSPS) is 14.4. The third kappa shape index (κ3) is 2.74. The van der Waals surface area contributed by atoms with E-state index in [9.17, 15) is 0 Å². The number of anilines is 1. The van der Waals surface area contributed by atoms with Gasteiger partial charge < -0.3 is 14.8 Å². The van der Waals surface area contributed by atoms with Gasteiger partial charge in [-0.15, -0.1) is 0 Å². The van der Waals surface area contributed by atoms with Crippen LogP contribution in [0.1, 0.15) is 18.3 Å². The third-order valence-electron chi connectivity index (χ3n) is 3.70. The summed E-state index contributed by atoms with van der Waals surface area (Å²) in [7, 11) is 0. The molecule has 1 aromatic carbocycles. The summed E-state index contributed by atoms with van der Waals surface area (Å²) in [5.41, 5.74) is 2.64. The minimum atomic E-state index is 0.878. The number of nitrogens with one attached hydrogen (secondary N) is 1. The molecule has 0 spiro atoms. The van der Waals surface area contributed by atoms with E-state index in [1.165, 1.54) is 11.3 Å². The summed E-state index contributed by atoms with van der Waals surface area (Å²) in [6, 6.07) is 6.52. The van der Waals surface area contributed by atoms with Crippen molar-refractivity contribution in [2.75, 3.05) is 18.0 Å². The lowest BCUT2D eigenvalue weighted by Gasteiger charge is -2.31. The van der Waals surface area contributed by atoms with Gasteiger partial charge >= 0.3 is 0 Å². The van der Waals surface area contributed by atoms with Gasteiger partial charge in [-0.25, -0.2) is 4.98 Å². The van der Waals surface area contributed by atoms with Gasteiger partial charge in [-0.3, -0.25) is 0 Å². The molecule has 0 aliphatic carbocycles. The van der Waals surface area contributed by atoms with Crippen molar-refractivity contribution in [3.63, 3.8) is 0 Å². The fourth-order valence-electron chi connectivity index (χ4n) is 2.62. The van der Waals surface area contributed by atoms with Gasteiger partial charge in [-0.2, -0.15) is 0 Å². The van der Waals surface area contributed by atoms with E-state index in [1.807, 2.05) is 6.20 Å². The van der Waals surface area contributed by atoms with Crippen molar-refractivity contribution in [1.82, 2.24) is 14.9 Å². The highest BCUT2D eigenvalue weighted by Crippen LogP contribution is 2.28. The highest BCUT2D eigenvalue weighted by atomic mass is 79.9. The largest absolute Gasteiger partial charge is 0.362 e. The second-order valence-corrected chi connectivity index (χ2v) is 5.93. The molecule has 5 heteroatoms. The number of imidazole rings is 1. The molecule has 2 aromatic rings. The zero-order valence-corrected chi connectivity index (χ0v) is 13.2. The molecule has 3 rings (SSSR count). The van der Waals surface area contributed by atoms with Crippen LogP contribution in [-0.4, -0.2) is 22.6 Å². The number of nitrogens with zero attached hydrogens (tertiary/aromatic N) is 3. The van der Waals surface area contributed by atoms with E-state index in [2.05, 4.69) is 67.0 Å². The number of aromatic nitrogens is 2. The van der Waals surface area contributed by atoms with Crippen molar-refractivity contribution in [2.45, 2.75) is 26.6 Å². The highest BCUT2D eigenvalue weighted by Gasteiger charge is 2.19. The van der Waals surface area contributed by atoms with Gasteiger partial charge in [0.25, 0.3) is 0 Å². The standard InChI is InChI=1S/C15H19BrN4/c1-2-17-10-12-3-4-13(16)9-14(12)20-8-7-19-6-5-18-15(19)11-20/h3-6,9,17H,2,7-8,10-11H2,1H3. The van der Waals surface area contributed by atoms with Gasteiger partial charge in [-0.1, -0.05) is 28.9 Å². The Morgan fingerprint density at radius 2 is 2.25 bits per heavy atom. The lowest BCUT2D eigenvalue weighted by Crippen LogP contribution is -2.34. The van der Waals surface area contributed by atoms with Crippen molar-refractivity contribution in [3.8, 4) is 0 Å². The maximum absolute atomic E-state index is 4.44. The van der Waals surface area contributed by atoms with Crippen molar-refractivity contribution >= 4 is 21.6 Å². The first-order valence-electron chi connectivity index (χ1n) is 7.02. The van der Waals surface area contributed by atoms with Crippen LogP contribution >= 0.6 is 15.9 Å². The Bertz CT molecular complexity index is 593. The second kappa shape index (κ2) is 5.97. The molecule has 1 aliphatic heterocycles. The fraction of sp³-hybridized carbons (Fsp3) is 0.400. The molecule has 1 N–H and O–H groups in total. The molecule has 0 atom stereocenters. The Hall–Kier alpha value is -1.33. The van der Waals surface area contributed by atoms with Crippen LogP contribution in [0.4, 0.5) is 5.69 Å². The molecule has 0 radical (unpaired) electrons. The Kier molecular flexibility index (Phi) is 4.08. The van der Waals surface area contributed by atoms with Gasteiger partial charge in [0.1, 0.15) is 5.82 Å². The molecule has 1 aliphatic rings. The van der Waals surface area contributed by atoms with Crippen molar-refractivity contribution in [2.24, 2.45) is 0 Å². The molecule has 1 aromatic heterocycles. The summed E-state index contributed by atoms with van der Waals surface area (Å²) in [4.78, 5) is 6.86. The molecule has 0 saturated carbocycles. The Morgan fingerprint density at radius 1 is 1.35 bits per heavy atom. The lowest BCUT2D eigenvalue weighted by molar-refractivity contribution is 0.557. The van der Waals surface area contributed by atoms with Crippen molar-refractivity contribution in [1.29, 1.82) is 0 Å². The molecule has 0 saturated heterocycles. The fourth-order valence-corrected chi connectivity index (χ4v) is 2.97. The summed E-state index contributed by atoms with van der Waals surface area (Å²) in [6.45, 7) is 6.93. The first kappa shape index (κ1) is 13.6. The third-order valence-corrected chi connectivity index (χ3v) is 4.19.